The van der Waals surface area contributed by atoms with Crippen LogP contribution in [0.4, 0.5) is 0 Å². The molecular weight excluding hydrogens is 272 g/mol. The van der Waals surface area contributed by atoms with Gasteiger partial charge in [0.2, 0.25) is 10.0 Å². The van der Waals surface area contributed by atoms with Crippen LogP contribution in [0.1, 0.15) is 36.8 Å². The summed E-state index contributed by atoms with van der Waals surface area (Å²) in [6.45, 7) is 2.62. The van der Waals surface area contributed by atoms with Crippen LogP contribution in [0.3, 0.4) is 0 Å². The van der Waals surface area contributed by atoms with Crippen LogP contribution in [0.5, 0.6) is 0 Å². The van der Waals surface area contributed by atoms with E-state index in [2.05, 4.69) is 5.32 Å². The lowest BCUT2D eigenvalue weighted by Gasteiger charge is -2.18. The predicted molar refractivity (Wildman–Crippen MR) is 79.0 cm³/mol. The maximum absolute atomic E-state index is 12.6. The molecule has 1 N–H and O–H groups in total. The molecule has 20 heavy (non-hydrogen) atoms. The van der Waals surface area contributed by atoms with Gasteiger partial charge in [-0.15, -0.1) is 0 Å². The van der Waals surface area contributed by atoms with Crippen molar-refractivity contribution >= 4 is 10.0 Å². The van der Waals surface area contributed by atoms with E-state index in [1.807, 2.05) is 25.1 Å². The highest BCUT2D eigenvalue weighted by atomic mass is 32.2. The Bertz CT molecular complexity index is 604. The van der Waals surface area contributed by atoms with Crippen LogP contribution in [0.2, 0.25) is 0 Å². The van der Waals surface area contributed by atoms with Crippen molar-refractivity contribution in [2.75, 3.05) is 7.05 Å². The topological polar surface area (TPSA) is 49.4 Å². The van der Waals surface area contributed by atoms with Crippen molar-refractivity contribution in [1.29, 1.82) is 0 Å². The van der Waals surface area contributed by atoms with E-state index in [-0.39, 0.29) is 6.04 Å². The normalized spacial score (nSPS) is 19.6. The Hall–Kier alpha value is -0.910. The van der Waals surface area contributed by atoms with E-state index < -0.39 is 10.0 Å². The van der Waals surface area contributed by atoms with Gasteiger partial charge in [-0.1, -0.05) is 12.1 Å². The Morgan fingerprint density at radius 1 is 1.25 bits per heavy atom. The Morgan fingerprint density at radius 2 is 1.95 bits per heavy atom. The van der Waals surface area contributed by atoms with E-state index >= 15 is 0 Å². The van der Waals surface area contributed by atoms with Gasteiger partial charge >= 0.3 is 0 Å². The molecule has 0 spiro atoms. The fraction of sp³-hybridized carbons (Fsp3) is 0.600. The summed E-state index contributed by atoms with van der Waals surface area (Å²) < 4.78 is 26.8. The molecule has 2 saturated carbocycles. The number of nitrogens with zero attached hydrogens (tertiary/aromatic N) is 1. The van der Waals surface area contributed by atoms with Crippen LogP contribution < -0.4 is 5.32 Å². The van der Waals surface area contributed by atoms with Gasteiger partial charge in [0.25, 0.3) is 0 Å². The summed E-state index contributed by atoms with van der Waals surface area (Å²) >= 11 is 0. The summed E-state index contributed by atoms with van der Waals surface area (Å²) in [5.41, 5.74) is 1.87. The second kappa shape index (κ2) is 5.13. The molecule has 110 valence electrons. The van der Waals surface area contributed by atoms with Gasteiger partial charge in [0.05, 0.1) is 4.90 Å². The Balaban J connectivity index is 1.84. The molecule has 1 aromatic rings. The fourth-order valence-electron chi connectivity index (χ4n) is 2.37. The number of aryl methyl sites for hydroxylation is 1. The Morgan fingerprint density at radius 3 is 2.55 bits per heavy atom. The van der Waals surface area contributed by atoms with E-state index in [1.165, 1.54) is 17.1 Å². The molecule has 0 unspecified atom stereocenters. The van der Waals surface area contributed by atoms with E-state index in [0.717, 1.165) is 30.5 Å². The standard InChI is InChI=1S/C15H22N2O2S/c1-11-3-4-12(10-16-13-5-6-13)9-15(11)20(18,19)17(2)14-7-8-14/h3-4,9,13-14,16H,5-8,10H2,1-2H3. The molecule has 5 heteroatoms. The first-order valence-electron chi connectivity index (χ1n) is 7.29. The molecule has 1 aromatic carbocycles. The van der Waals surface area contributed by atoms with Crippen LogP contribution in [-0.4, -0.2) is 31.9 Å². The average Bonchev–Trinajstić information content (AvgIpc) is 3.29. The summed E-state index contributed by atoms with van der Waals surface area (Å²) in [4.78, 5) is 0.460. The van der Waals surface area contributed by atoms with E-state index in [9.17, 15) is 8.42 Å². The van der Waals surface area contributed by atoms with Crippen molar-refractivity contribution in [3.63, 3.8) is 0 Å². The van der Waals surface area contributed by atoms with E-state index in [4.69, 9.17) is 0 Å². The van der Waals surface area contributed by atoms with Crippen LogP contribution in [-0.2, 0) is 16.6 Å². The summed E-state index contributed by atoms with van der Waals surface area (Å²) in [5.74, 6) is 0. The molecule has 2 fully saturated rings. The highest BCUT2D eigenvalue weighted by Crippen LogP contribution is 2.31. The van der Waals surface area contributed by atoms with Gasteiger partial charge < -0.3 is 5.32 Å². The highest BCUT2D eigenvalue weighted by molar-refractivity contribution is 7.89. The van der Waals surface area contributed by atoms with E-state index in [0.29, 0.717) is 10.9 Å². The number of rotatable bonds is 6. The molecule has 0 saturated heterocycles. The first-order valence-corrected chi connectivity index (χ1v) is 8.73. The summed E-state index contributed by atoms with van der Waals surface area (Å²) in [6, 6.07) is 6.59. The molecule has 0 bridgehead atoms. The number of benzene rings is 1. The lowest BCUT2D eigenvalue weighted by molar-refractivity contribution is 0.463. The fourth-order valence-corrected chi connectivity index (χ4v) is 4.06. The summed E-state index contributed by atoms with van der Waals surface area (Å²) in [5, 5.41) is 3.43. The third-order valence-electron chi connectivity index (χ3n) is 4.14. The molecule has 0 radical (unpaired) electrons. The third kappa shape index (κ3) is 2.90. The number of nitrogens with one attached hydrogen (secondary N) is 1. The maximum atomic E-state index is 12.6. The van der Waals surface area contributed by atoms with Crippen molar-refractivity contribution in [2.45, 2.75) is 56.1 Å². The molecule has 0 amide bonds. The highest BCUT2D eigenvalue weighted by Gasteiger charge is 2.35. The SMILES string of the molecule is Cc1ccc(CNC2CC2)cc1S(=O)(=O)N(C)C1CC1. The first kappa shape index (κ1) is 14.0. The zero-order chi connectivity index (χ0) is 14.3. The monoisotopic (exact) mass is 294 g/mol. The van der Waals surface area contributed by atoms with Gasteiger partial charge in [-0.05, 0) is 49.8 Å². The molecule has 4 nitrogen and oxygen atoms in total. The number of hydrogen-bond acceptors (Lipinski definition) is 3. The zero-order valence-corrected chi connectivity index (χ0v) is 12.9. The third-order valence-corrected chi connectivity index (χ3v) is 6.19. The van der Waals surface area contributed by atoms with Crippen LogP contribution >= 0.6 is 0 Å². The molecule has 2 aliphatic carbocycles. The Kier molecular flexibility index (Phi) is 3.60. The molecule has 0 aliphatic heterocycles. The zero-order valence-electron chi connectivity index (χ0n) is 12.1. The minimum absolute atomic E-state index is 0.202. The summed E-state index contributed by atoms with van der Waals surface area (Å²) in [7, 11) is -1.65. The lowest BCUT2D eigenvalue weighted by Crippen LogP contribution is -2.29. The van der Waals surface area contributed by atoms with Crippen molar-refractivity contribution in [3.05, 3.63) is 29.3 Å². The van der Waals surface area contributed by atoms with Gasteiger partial charge in [-0.25, -0.2) is 8.42 Å². The molecular formula is C15H22N2O2S. The van der Waals surface area contributed by atoms with Crippen LogP contribution in [0.25, 0.3) is 0 Å². The van der Waals surface area contributed by atoms with Gasteiger partial charge in [0, 0.05) is 25.7 Å². The number of hydrogen-bond donors (Lipinski definition) is 1. The van der Waals surface area contributed by atoms with Gasteiger partial charge in [0.1, 0.15) is 0 Å². The minimum atomic E-state index is -3.35. The molecule has 0 atom stereocenters. The lowest BCUT2D eigenvalue weighted by atomic mass is 10.1. The summed E-state index contributed by atoms with van der Waals surface area (Å²) in [6.07, 6.45) is 4.44. The van der Waals surface area contributed by atoms with Crippen LogP contribution in [0, 0.1) is 6.92 Å². The van der Waals surface area contributed by atoms with Crippen molar-refractivity contribution in [2.24, 2.45) is 0 Å². The largest absolute Gasteiger partial charge is 0.310 e. The molecule has 0 heterocycles. The smallest absolute Gasteiger partial charge is 0.243 e. The number of sulfonamides is 1. The molecule has 3 rings (SSSR count). The Labute approximate surface area is 121 Å². The van der Waals surface area contributed by atoms with Crippen molar-refractivity contribution in [3.8, 4) is 0 Å². The van der Waals surface area contributed by atoms with Gasteiger partial charge in [-0.3, -0.25) is 0 Å². The van der Waals surface area contributed by atoms with Gasteiger partial charge in [0.15, 0.2) is 0 Å². The van der Waals surface area contributed by atoms with Crippen LogP contribution in [0.15, 0.2) is 23.1 Å². The second-order valence-electron chi connectivity index (χ2n) is 6.01. The van der Waals surface area contributed by atoms with Gasteiger partial charge in [-0.2, -0.15) is 4.31 Å². The molecule has 0 aromatic heterocycles. The van der Waals surface area contributed by atoms with Crippen molar-refractivity contribution < 1.29 is 8.42 Å². The van der Waals surface area contributed by atoms with Crippen molar-refractivity contribution in [1.82, 2.24) is 9.62 Å². The minimum Gasteiger partial charge on any atom is -0.310 e. The second-order valence-corrected chi connectivity index (χ2v) is 7.97. The maximum Gasteiger partial charge on any atom is 0.243 e. The average molecular weight is 294 g/mol. The predicted octanol–water partition coefficient (Wildman–Crippen LogP) is 2.03. The van der Waals surface area contributed by atoms with E-state index in [1.54, 1.807) is 7.05 Å². The quantitative estimate of drug-likeness (QED) is 0.873. The molecule has 2 aliphatic rings. The first-order chi connectivity index (χ1) is 9.48.